The summed E-state index contributed by atoms with van der Waals surface area (Å²) in [5.74, 6) is -2.63. The van der Waals surface area contributed by atoms with E-state index in [2.05, 4.69) is 5.10 Å². The molecule has 0 atom stereocenters. The number of ether oxygens (including phenoxy) is 1. The number of anilines is 1. The van der Waals surface area contributed by atoms with Crippen molar-refractivity contribution in [3.63, 3.8) is 0 Å². The highest BCUT2D eigenvalue weighted by Gasteiger charge is 2.40. The molecule has 1 N–H and O–H groups in total. The number of carbonyl (C=O) groups is 2. The summed E-state index contributed by atoms with van der Waals surface area (Å²) in [6, 6.07) is 0. The molecule has 1 saturated heterocycles. The van der Waals surface area contributed by atoms with Gasteiger partial charge in [0.05, 0.1) is 25.1 Å². The van der Waals surface area contributed by atoms with Crippen LogP contribution in [0.2, 0.25) is 0 Å². The lowest BCUT2D eigenvalue weighted by Crippen LogP contribution is -2.42. The summed E-state index contributed by atoms with van der Waals surface area (Å²) in [7, 11) is 0. The van der Waals surface area contributed by atoms with Crippen LogP contribution in [0.5, 0.6) is 0 Å². The predicted octanol–water partition coefficient (Wildman–Crippen LogP) is 0.876. The van der Waals surface area contributed by atoms with Crippen molar-refractivity contribution in [3.05, 3.63) is 11.9 Å². The summed E-state index contributed by atoms with van der Waals surface area (Å²) in [6.07, 6.45) is -3.99. The number of carbonyl (C=O) groups excluding carboxylic acids is 2. The van der Waals surface area contributed by atoms with Gasteiger partial charge in [-0.25, -0.2) is 0 Å². The topological polar surface area (TPSA) is 76.5 Å². The van der Waals surface area contributed by atoms with E-state index in [9.17, 15) is 22.8 Å². The molecule has 2 heterocycles. The molecule has 1 aromatic heterocycles. The van der Waals surface area contributed by atoms with Gasteiger partial charge in [-0.05, 0) is 6.92 Å². The molecule has 1 fully saturated rings. The van der Waals surface area contributed by atoms with E-state index in [1.54, 1.807) is 12.2 Å². The number of aryl methyl sites for hydroxylation is 1. The normalized spacial score (nSPS) is 15.7. The molecule has 0 saturated carbocycles. The minimum Gasteiger partial charge on any atom is -0.378 e. The van der Waals surface area contributed by atoms with Crippen LogP contribution in [0.15, 0.2) is 6.20 Å². The van der Waals surface area contributed by atoms with Gasteiger partial charge >= 0.3 is 12.1 Å². The molecule has 0 aliphatic carbocycles. The zero-order chi connectivity index (χ0) is 16.3. The van der Waals surface area contributed by atoms with Crippen LogP contribution >= 0.6 is 0 Å². The molecule has 22 heavy (non-hydrogen) atoms. The van der Waals surface area contributed by atoms with Gasteiger partial charge in [0, 0.05) is 19.6 Å². The number of morpholine rings is 1. The van der Waals surface area contributed by atoms with E-state index in [0.29, 0.717) is 26.3 Å². The molecule has 2 rings (SSSR count). The predicted molar refractivity (Wildman–Crippen MR) is 69.3 cm³/mol. The highest BCUT2D eigenvalue weighted by Crippen LogP contribution is 2.22. The number of hydrogen-bond acceptors (Lipinski definition) is 4. The molecule has 0 unspecified atom stereocenters. The second-order valence-corrected chi connectivity index (χ2v) is 4.58. The molecule has 122 valence electrons. The van der Waals surface area contributed by atoms with Gasteiger partial charge in [0.1, 0.15) is 5.69 Å². The van der Waals surface area contributed by atoms with Crippen LogP contribution in [-0.4, -0.2) is 59.0 Å². The van der Waals surface area contributed by atoms with Crippen LogP contribution in [0.25, 0.3) is 0 Å². The smallest absolute Gasteiger partial charge is 0.378 e. The quantitative estimate of drug-likeness (QED) is 0.897. The maximum Gasteiger partial charge on any atom is 0.471 e. The molecule has 7 nitrogen and oxygen atoms in total. The standard InChI is InChI=1S/C12H15F3N4O3/c1-2-19-9(10(20)18-3-5-22-6-4-18)8(7-16-19)17-11(21)12(13,14)15/h7H,2-6H2,1H3,(H,17,21). The van der Waals surface area contributed by atoms with E-state index in [1.807, 2.05) is 0 Å². The Morgan fingerprint density at radius 3 is 2.55 bits per heavy atom. The van der Waals surface area contributed by atoms with Crippen molar-refractivity contribution >= 4 is 17.5 Å². The Balaban J connectivity index is 2.26. The Hall–Kier alpha value is -2.10. The molecule has 1 aromatic rings. The van der Waals surface area contributed by atoms with Crippen LogP contribution < -0.4 is 5.32 Å². The van der Waals surface area contributed by atoms with Crippen LogP contribution in [0, 0.1) is 0 Å². The summed E-state index contributed by atoms with van der Waals surface area (Å²) in [4.78, 5) is 25.0. The molecule has 0 spiro atoms. The molecule has 2 amide bonds. The maximum atomic E-state index is 12.5. The third-order valence-corrected chi connectivity index (χ3v) is 3.15. The zero-order valence-corrected chi connectivity index (χ0v) is 11.8. The highest BCUT2D eigenvalue weighted by atomic mass is 19.4. The lowest BCUT2D eigenvalue weighted by atomic mass is 10.2. The third kappa shape index (κ3) is 3.38. The van der Waals surface area contributed by atoms with Gasteiger partial charge in [-0.2, -0.15) is 18.3 Å². The summed E-state index contributed by atoms with van der Waals surface area (Å²) in [5, 5.41) is 5.54. The average Bonchev–Trinajstić information content (AvgIpc) is 2.89. The van der Waals surface area contributed by atoms with Gasteiger partial charge in [0.2, 0.25) is 0 Å². The molecule has 1 aliphatic heterocycles. The van der Waals surface area contributed by atoms with Gasteiger partial charge in [0.15, 0.2) is 0 Å². The van der Waals surface area contributed by atoms with E-state index in [-0.39, 0.29) is 17.9 Å². The van der Waals surface area contributed by atoms with Crippen molar-refractivity contribution in [2.45, 2.75) is 19.6 Å². The summed E-state index contributed by atoms with van der Waals surface area (Å²) >= 11 is 0. The zero-order valence-electron chi connectivity index (χ0n) is 11.8. The van der Waals surface area contributed by atoms with Gasteiger partial charge in [0.25, 0.3) is 5.91 Å². The van der Waals surface area contributed by atoms with Crippen molar-refractivity contribution in [2.24, 2.45) is 0 Å². The van der Waals surface area contributed by atoms with Crippen LogP contribution in [0.1, 0.15) is 17.4 Å². The summed E-state index contributed by atoms with van der Waals surface area (Å²) < 4.78 is 43.5. The fraction of sp³-hybridized carbons (Fsp3) is 0.583. The van der Waals surface area contributed by atoms with E-state index in [4.69, 9.17) is 4.74 Å². The number of hydrogen-bond donors (Lipinski definition) is 1. The largest absolute Gasteiger partial charge is 0.471 e. The van der Waals surface area contributed by atoms with E-state index in [0.717, 1.165) is 6.20 Å². The van der Waals surface area contributed by atoms with Crippen LogP contribution in [-0.2, 0) is 16.1 Å². The van der Waals surface area contributed by atoms with E-state index >= 15 is 0 Å². The summed E-state index contributed by atoms with van der Waals surface area (Å²) in [6.45, 7) is 3.36. The first-order chi connectivity index (χ1) is 10.3. The molecular formula is C12H15F3N4O3. The second kappa shape index (κ2) is 6.34. The third-order valence-electron chi connectivity index (χ3n) is 3.15. The molecule has 0 radical (unpaired) electrons. The Morgan fingerprint density at radius 2 is 2.00 bits per heavy atom. The average molecular weight is 320 g/mol. The first-order valence-electron chi connectivity index (χ1n) is 6.65. The second-order valence-electron chi connectivity index (χ2n) is 4.58. The number of rotatable bonds is 3. The number of amides is 2. The maximum absolute atomic E-state index is 12.5. The first kappa shape index (κ1) is 16.3. The van der Waals surface area contributed by atoms with Crippen molar-refractivity contribution in [3.8, 4) is 0 Å². The van der Waals surface area contributed by atoms with Crippen molar-refractivity contribution in [2.75, 3.05) is 31.6 Å². The van der Waals surface area contributed by atoms with Crippen LogP contribution in [0.3, 0.4) is 0 Å². The van der Waals surface area contributed by atoms with Gasteiger partial charge in [-0.3, -0.25) is 14.3 Å². The van der Waals surface area contributed by atoms with Gasteiger partial charge in [-0.15, -0.1) is 0 Å². The van der Waals surface area contributed by atoms with E-state index in [1.165, 1.54) is 9.58 Å². The monoisotopic (exact) mass is 320 g/mol. The number of alkyl halides is 3. The van der Waals surface area contributed by atoms with Crippen LogP contribution in [0.4, 0.5) is 18.9 Å². The van der Waals surface area contributed by atoms with Gasteiger partial charge in [-0.1, -0.05) is 0 Å². The van der Waals surface area contributed by atoms with Crippen molar-refractivity contribution in [1.29, 1.82) is 0 Å². The van der Waals surface area contributed by atoms with Gasteiger partial charge < -0.3 is 15.0 Å². The lowest BCUT2D eigenvalue weighted by Gasteiger charge is -2.27. The molecule has 0 aromatic carbocycles. The molecule has 1 aliphatic rings. The minimum absolute atomic E-state index is 0.0676. The van der Waals surface area contributed by atoms with E-state index < -0.39 is 18.0 Å². The molecule has 0 bridgehead atoms. The fourth-order valence-electron chi connectivity index (χ4n) is 2.05. The Labute approximate surface area is 124 Å². The number of halogens is 3. The number of nitrogens with one attached hydrogen (secondary N) is 1. The Morgan fingerprint density at radius 1 is 1.36 bits per heavy atom. The van der Waals surface area contributed by atoms with Crippen molar-refractivity contribution in [1.82, 2.24) is 14.7 Å². The summed E-state index contributed by atoms with van der Waals surface area (Å²) in [5.41, 5.74) is -0.317. The minimum atomic E-state index is -5.03. The molecular weight excluding hydrogens is 305 g/mol. The SMILES string of the molecule is CCn1ncc(NC(=O)C(F)(F)F)c1C(=O)N1CCOCC1. The Kier molecular flexibility index (Phi) is 4.69. The fourth-order valence-corrected chi connectivity index (χ4v) is 2.05. The Bertz CT molecular complexity index is 564. The lowest BCUT2D eigenvalue weighted by molar-refractivity contribution is -0.167. The first-order valence-corrected chi connectivity index (χ1v) is 6.65. The highest BCUT2D eigenvalue weighted by molar-refractivity contribution is 6.03. The number of aromatic nitrogens is 2. The molecule has 10 heteroatoms. The van der Waals surface area contributed by atoms with Crippen molar-refractivity contribution < 1.29 is 27.5 Å². The number of nitrogens with zero attached hydrogens (tertiary/aromatic N) is 3.